The van der Waals surface area contributed by atoms with Crippen LogP contribution in [-0.2, 0) is 20.0 Å². The Bertz CT molecular complexity index is 2090. The van der Waals surface area contributed by atoms with Crippen molar-refractivity contribution in [2.75, 3.05) is 26.2 Å². The predicted octanol–water partition coefficient (Wildman–Crippen LogP) is 5.15. The molecule has 0 spiro atoms. The fraction of sp³-hybridized carbons (Fsp3) is 0.353. The molecule has 1 aromatic heterocycles. The van der Waals surface area contributed by atoms with Crippen LogP contribution in [0, 0.1) is 6.92 Å². The minimum Gasteiger partial charge on any atom is -0.286 e. The van der Waals surface area contributed by atoms with Crippen LogP contribution in [0.2, 0.25) is 0 Å². The summed E-state index contributed by atoms with van der Waals surface area (Å²) in [5.74, 6) is -0.365. The first-order valence-electron chi connectivity index (χ1n) is 16.0. The van der Waals surface area contributed by atoms with Crippen molar-refractivity contribution in [3.8, 4) is 5.69 Å². The molecule has 2 aliphatic rings. The van der Waals surface area contributed by atoms with Gasteiger partial charge in [0, 0.05) is 31.7 Å². The standard InChI is InChI=1S/C34H38N6O5S3/c1-25-9-15-29(16-10-25)40-34(36-35-26(2)27-11-17-30(18-12-27)47(42,43)38-21-5-3-6-22-38)46-33(37-40)32(41)28-13-19-31(20-14-28)48(44,45)39-23-7-4-8-24-39/h9-20H,3-8,21-24H2,1-2H3/b35-26+,36-34+. The third-order valence-electron chi connectivity index (χ3n) is 8.61. The molecule has 0 aliphatic carbocycles. The molecule has 252 valence electrons. The average molecular weight is 707 g/mol. The van der Waals surface area contributed by atoms with Gasteiger partial charge in [-0.1, -0.05) is 54.0 Å². The van der Waals surface area contributed by atoms with Gasteiger partial charge in [-0.05, 0) is 93.6 Å². The second kappa shape index (κ2) is 14.3. The summed E-state index contributed by atoms with van der Waals surface area (Å²) in [5, 5.41) is 13.6. The van der Waals surface area contributed by atoms with Gasteiger partial charge in [-0.15, -0.1) is 5.10 Å². The van der Waals surface area contributed by atoms with Crippen molar-refractivity contribution in [1.82, 2.24) is 18.4 Å². The number of nitrogens with zero attached hydrogens (tertiary/aromatic N) is 6. The monoisotopic (exact) mass is 706 g/mol. The highest BCUT2D eigenvalue weighted by molar-refractivity contribution is 7.89. The SMILES string of the molecule is C/C(=N\N=c1\sc(C(=O)c2ccc(S(=O)(=O)N3CCCCC3)cc2)nn1-c1ccc(C)cc1)c1ccc(S(=O)(=O)N2CCCCC2)cc1. The van der Waals surface area contributed by atoms with Crippen molar-refractivity contribution in [2.45, 2.75) is 62.2 Å². The maximum atomic E-state index is 13.6. The molecule has 14 heteroatoms. The van der Waals surface area contributed by atoms with E-state index in [1.165, 1.54) is 28.6 Å². The number of piperidine rings is 2. The molecule has 0 radical (unpaired) electrons. The van der Waals surface area contributed by atoms with Gasteiger partial charge in [0.05, 0.1) is 21.2 Å². The van der Waals surface area contributed by atoms with Crippen LogP contribution in [0.15, 0.2) is 92.8 Å². The third-order valence-corrected chi connectivity index (χ3v) is 13.3. The highest BCUT2D eigenvalue weighted by atomic mass is 32.2. The lowest BCUT2D eigenvalue weighted by atomic mass is 10.1. The van der Waals surface area contributed by atoms with Crippen LogP contribution < -0.4 is 4.80 Å². The van der Waals surface area contributed by atoms with Crippen LogP contribution >= 0.6 is 11.3 Å². The van der Waals surface area contributed by atoms with Gasteiger partial charge in [-0.2, -0.15) is 18.8 Å². The molecule has 4 aromatic rings. The van der Waals surface area contributed by atoms with Crippen molar-refractivity contribution < 1.29 is 21.6 Å². The lowest BCUT2D eigenvalue weighted by molar-refractivity contribution is 0.103. The fourth-order valence-corrected chi connectivity index (χ4v) is 9.60. The third kappa shape index (κ3) is 7.27. The van der Waals surface area contributed by atoms with Gasteiger partial charge < -0.3 is 0 Å². The fourth-order valence-electron chi connectivity index (χ4n) is 5.75. The smallest absolute Gasteiger partial charge is 0.243 e. The van der Waals surface area contributed by atoms with Crippen molar-refractivity contribution in [3.63, 3.8) is 0 Å². The van der Waals surface area contributed by atoms with E-state index < -0.39 is 20.0 Å². The van der Waals surface area contributed by atoms with Gasteiger partial charge in [-0.3, -0.25) is 4.79 Å². The number of aryl methyl sites for hydroxylation is 1. The Morgan fingerprint density at radius 2 is 1.17 bits per heavy atom. The van der Waals surface area contributed by atoms with E-state index in [2.05, 4.69) is 15.3 Å². The van der Waals surface area contributed by atoms with Gasteiger partial charge >= 0.3 is 0 Å². The number of sulfonamides is 2. The number of ketones is 1. The largest absolute Gasteiger partial charge is 0.286 e. The Balaban J connectivity index is 1.28. The van der Waals surface area contributed by atoms with Crippen molar-refractivity contribution in [1.29, 1.82) is 0 Å². The maximum Gasteiger partial charge on any atom is 0.243 e. The molecule has 6 rings (SSSR count). The van der Waals surface area contributed by atoms with Crippen molar-refractivity contribution in [2.24, 2.45) is 10.2 Å². The number of carbonyl (C=O) groups is 1. The van der Waals surface area contributed by atoms with E-state index in [1.807, 2.05) is 31.2 Å². The maximum absolute atomic E-state index is 13.6. The van der Waals surface area contributed by atoms with E-state index in [0.717, 1.165) is 55.4 Å². The van der Waals surface area contributed by atoms with Gasteiger partial charge in [-0.25, -0.2) is 21.5 Å². The summed E-state index contributed by atoms with van der Waals surface area (Å²) in [7, 11) is -7.17. The van der Waals surface area contributed by atoms with Gasteiger partial charge in [0.2, 0.25) is 30.6 Å². The Labute approximate surface area is 285 Å². The van der Waals surface area contributed by atoms with E-state index in [-0.39, 0.29) is 20.6 Å². The molecule has 0 unspecified atom stereocenters. The van der Waals surface area contributed by atoms with Crippen LogP contribution in [0.5, 0.6) is 0 Å². The molecule has 11 nitrogen and oxygen atoms in total. The summed E-state index contributed by atoms with van der Waals surface area (Å²) in [6.45, 7) is 5.83. The summed E-state index contributed by atoms with van der Waals surface area (Å²) < 4.78 is 56.9. The molecule has 0 amide bonds. The molecule has 0 N–H and O–H groups in total. The van der Waals surface area contributed by atoms with Crippen LogP contribution in [0.4, 0.5) is 0 Å². The molecule has 2 saturated heterocycles. The Morgan fingerprint density at radius 1 is 0.688 bits per heavy atom. The average Bonchev–Trinajstić information content (AvgIpc) is 3.55. The zero-order valence-corrected chi connectivity index (χ0v) is 29.4. The number of hydrogen-bond acceptors (Lipinski definition) is 9. The highest BCUT2D eigenvalue weighted by Crippen LogP contribution is 2.23. The molecular weight excluding hydrogens is 669 g/mol. The van der Waals surface area contributed by atoms with E-state index in [4.69, 9.17) is 0 Å². The molecule has 2 fully saturated rings. The minimum absolute atomic E-state index is 0.160. The number of aromatic nitrogens is 2. The number of rotatable bonds is 9. The molecule has 0 atom stereocenters. The van der Waals surface area contributed by atoms with E-state index >= 15 is 0 Å². The first-order valence-corrected chi connectivity index (χ1v) is 19.7. The molecule has 2 aliphatic heterocycles. The number of carbonyl (C=O) groups excluding carboxylic acids is 1. The lowest BCUT2D eigenvalue weighted by Gasteiger charge is -2.25. The van der Waals surface area contributed by atoms with Crippen molar-refractivity contribution >= 4 is 42.9 Å². The van der Waals surface area contributed by atoms with Gasteiger partial charge in [0.15, 0.2) is 5.01 Å². The van der Waals surface area contributed by atoms with Crippen LogP contribution in [0.3, 0.4) is 0 Å². The highest BCUT2D eigenvalue weighted by Gasteiger charge is 2.27. The summed E-state index contributed by atoms with van der Waals surface area (Å²) in [6.07, 6.45) is 5.48. The quantitative estimate of drug-likeness (QED) is 0.134. The van der Waals surface area contributed by atoms with E-state index in [1.54, 1.807) is 40.2 Å². The summed E-state index contributed by atoms with van der Waals surface area (Å²) in [4.78, 5) is 14.4. The number of benzene rings is 3. The molecule has 0 bridgehead atoms. The van der Waals surface area contributed by atoms with E-state index in [9.17, 15) is 21.6 Å². The molecule has 48 heavy (non-hydrogen) atoms. The summed E-state index contributed by atoms with van der Waals surface area (Å²) in [5.41, 5.74) is 3.32. The Morgan fingerprint density at radius 3 is 1.67 bits per heavy atom. The second-order valence-corrected chi connectivity index (χ2v) is 16.9. The first kappa shape index (κ1) is 34.1. The lowest BCUT2D eigenvalue weighted by Crippen LogP contribution is -2.35. The van der Waals surface area contributed by atoms with Crippen LogP contribution in [0.1, 0.15) is 71.9 Å². The topological polar surface area (TPSA) is 134 Å². The Kier molecular flexibility index (Phi) is 10.2. The number of hydrogen-bond donors (Lipinski definition) is 0. The first-order chi connectivity index (χ1) is 23.0. The molecule has 3 aromatic carbocycles. The van der Waals surface area contributed by atoms with Crippen molar-refractivity contribution in [3.05, 3.63) is 99.3 Å². The van der Waals surface area contributed by atoms with Gasteiger partial charge in [0.25, 0.3) is 0 Å². The van der Waals surface area contributed by atoms with E-state index in [0.29, 0.717) is 53.5 Å². The summed E-state index contributed by atoms with van der Waals surface area (Å²) >= 11 is 1.07. The second-order valence-electron chi connectivity index (χ2n) is 12.0. The molecule has 0 saturated carbocycles. The summed E-state index contributed by atoms with van der Waals surface area (Å²) in [6, 6.07) is 20.2. The molecular formula is C34H38N6O5S3. The Hall–Kier alpha value is -3.82. The van der Waals surface area contributed by atoms with Gasteiger partial charge in [0.1, 0.15) is 0 Å². The van der Waals surface area contributed by atoms with Crippen LogP contribution in [0.25, 0.3) is 5.69 Å². The van der Waals surface area contributed by atoms with Crippen LogP contribution in [-0.4, -0.2) is 72.9 Å². The minimum atomic E-state index is -3.62. The zero-order valence-electron chi connectivity index (χ0n) is 26.9. The zero-order chi connectivity index (χ0) is 33.9. The molecule has 3 heterocycles. The normalized spacial score (nSPS) is 17.5. The predicted molar refractivity (Wildman–Crippen MR) is 185 cm³/mol.